The summed E-state index contributed by atoms with van der Waals surface area (Å²) in [4.78, 5) is 57.2. The number of Topliss-reactive ketones (excluding diaryl/α,β-unsaturated/α-hetero) is 1. The quantitative estimate of drug-likeness (QED) is 0.0545. The number of nitrogens with two attached hydrogens (primary N) is 1. The number of esters is 2. The number of rotatable bonds is 7. The van der Waals surface area contributed by atoms with E-state index >= 15 is 0 Å². The van der Waals surface area contributed by atoms with Crippen molar-refractivity contribution in [3.8, 4) is 0 Å². The SMILES string of the molecule is CC(=O)O.CC(C)(C)OC=O.CC1=C2C(O)C(=O)C3(C)CC[C@H]4OCC4[C@H]3[C@H](OC(=O)c3ccccc3)C(O)(CCC1)C2(C)C.COC(=O)[C@H](O)[C@@H](NN)C1=CC=CC=CC1. The van der Waals surface area contributed by atoms with Gasteiger partial charge in [0.25, 0.3) is 12.4 Å². The number of methoxy groups -OCH3 is 1. The Morgan fingerprint density at radius 3 is 2.23 bits per heavy atom. The molecule has 1 saturated heterocycles. The number of carboxylic acids is 1. The Morgan fingerprint density at radius 2 is 1.70 bits per heavy atom. The number of carbonyl (C=O) groups is 5. The van der Waals surface area contributed by atoms with Crippen molar-refractivity contribution < 1.29 is 63.3 Å². The zero-order valence-corrected chi connectivity index (χ0v) is 36.9. The highest BCUT2D eigenvalue weighted by Crippen LogP contribution is 2.61. The number of benzene rings is 1. The topological polar surface area (TPSA) is 241 Å². The fraction of sp³-hybridized carbons (Fsp3) is 0.587. The minimum Gasteiger partial charge on any atom is -0.481 e. The second-order valence-electron chi connectivity index (χ2n) is 17.8. The van der Waals surface area contributed by atoms with E-state index in [-0.39, 0.29) is 23.4 Å². The first kappa shape index (κ1) is 50.8. The van der Waals surface area contributed by atoms with Gasteiger partial charge < -0.3 is 39.4 Å². The molecule has 0 aromatic heterocycles. The van der Waals surface area contributed by atoms with Crippen LogP contribution in [0.15, 0.2) is 77.4 Å². The van der Waals surface area contributed by atoms with E-state index in [0.29, 0.717) is 56.3 Å². The first-order valence-corrected chi connectivity index (χ1v) is 20.6. The lowest BCUT2D eigenvalue weighted by Gasteiger charge is -2.61. The molecule has 2 saturated carbocycles. The van der Waals surface area contributed by atoms with Crippen LogP contribution in [0.4, 0.5) is 0 Å². The average Bonchev–Trinajstić information content (AvgIpc) is 3.51. The van der Waals surface area contributed by atoms with Crippen molar-refractivity contribution in [2.75, 3.05) is 13.7 Å². The number of hydrazine groups is 1. The monoisotopic (exact) mass is 854 g/mol. The second-order valence-corrected chi connectivity index (χ2v) is 17.8. The molecule has 1 aromatic rings. The van der Waals surface area contributed by atoms with E-state index in [1.165, 1.54) is 7.11 Å². The van der Waals surface area contributed by atoms with E-state index in [9.17, 15) is 34.5 Å². The van der Waals surface area contributed by atoms with Crippen LogP contribution in [0.1, 0.15) is 104 Å². The van der Waals surface area contributed by atoms with Crippen molar-refractivity contribution in [1.82, 2.24) is 5.43 Å². The molecule has 15 heteroatoms. The molecule has 6 rings (SSSR count). The van der Waals surface area contributed by atoms with E-state index in [2.05, 4.69) is 14.9 Å². The number of hydrogen-bond acceptors (Lipinski definition) is 14. The summed E-state index contributed by atoms with van der Waals surface area (Å²) in [5.41, 5.74) is 1.52. The molecule has 7 N–H and O–H groups in total. The lowest BCUT2D eigenvalue weighted by molar-refractivity contribution is -0.253. The first-order chi connectivity index (χ1) is 28.5. The smallest absolute Gasteiger partial charge is 0.338 e. The minimum atomic E-state index is -1.45. The van der Waals surface area contributed by atoms with Gasteiger partial charge in [0.2, 0.25) is 0 Å². The molecule has 1 heterocycles. The number of hydrogen-bond donors (Lipinski definition) is 6. The Morgan fingerprint density at radius 1 is 1.07 bits per heavy atom. The molecule has 5 aliphatic rings. The minimum absolute atomic E-state index is 0.0156. The van der Waals surface area contributed by atoms with Gasteiger partial charge in [-0.15, -0.1) is 0 Å². The van der Waals surface area contributed by atoms with Crippen molar-refractivity contribution in [3.63, 3.8) is 0 Å². The Bertz CT molecular complexity index is 1830. The van der Waals surface area contributed by atoms with Crippen molar-refractivity contribution in [3.05, 3.63) is 83.0 Å². The van der Waals surface area contributed by atoms with Crippen LogP contribution in [0.3, 0.4) is 0 Å². The highest BCUT2D eigenvalue weighted by Gasteiger charge is 2.68. The Kier molecular flexibility index (Phi) is 17.9. The van der Waals surface area contributed by atoms with Crippen molar-refractivity contribution in [2.24, 2.45) is 28.5 Å². The van der Waals surface area contributed by atoms with Gasteiger partial charge >= 0.3 is 11.9 Å². The number of aliphatic hydroxyl groups is 3. The molecule has 9 atom stereocenters. The van der Waals surface area contributed by atoms with Gasteiger partial charge in [-0.05, 0) is 89.5 Å². The number of ether oxygens (including phenoxy) is 4. The number of allylic oxidation sites excluding steroid dienone is 6. The summed E-state index contributed by atoms with van der Waals surface area (Å²) in [5.74, 6) is 2.61. The fourth-order valence-electron chi connectivity index (χ4n) is 9.11. The molecule has 0 radical (unpaired) electrons. The number of aliphatic hydroxyl groups excluding tert-OH is 2. The van der Waals surface area contributed by atoms with Crippen LogP contribution < -0.4 is 11.3 Å². The molecule has 4 aliphatic carbocycles. The molecule has 4 unspecified atom stereocenters. The van der Waals surface area contributed by atoms with E-state index in [1.807, 2.05) is 84.9 Å². The molecular formula is C46H66N2O13. The molecule has 338 valence electrons. The molecule has 0 amide bonds. The van der Waals surface area contributed by atoms with Crippen molar-refractivity contribution in [2.45, 2.75) is 136 Å². The Balaban J connectivity index is 0.000000303. The molecule has 0 spiro atoms. The number of carbonyl (C=O) groups excluding carboxylic acids is 4. The van der Waals surface area contributed by atoms with Crippen molar-refractivity contribution >= 4 is 30.2 Å². The summed E-state index contributed by atoms with van der Waals surface area (Å²) < 4.78 is 21.1. The molecule has 2 bridgehead atoms. The number of nitrogens with one attached hydrogen (secondary N) is 1. The molecular weight excluding hydrogens is 789 g/mol. The van der Waals surface area contributed by atoms with Crippen LogP contribution in [0.25, 0.3) is 0 Å². The van der Waals surface area contributed by atoms with Crippen LogP contribution in [0.5, 0.6) is 0 Å². The fourth-order valence-corrected chi connectivity index (χ4v) is 9.11. The highest BCUT2D eigenvalue weighted by atomic mass is 16.6. The standard InChI is InChI=1S/C28H36O6.C11H16N2O3.C5H10O2.C2H4O2/c1-16-9-8-13-28(32)24(34-25(31)17-10-6-5-7-11-17)21-18-15-33-19(18)12-14-27(21,4)23(30)22(29)20(16)26(28,2)3;1-16-11(15)10(14)9(13-12)8-6-4-2-3-5-7-8;1-5(2,3)7-4-6;1-2(3)4/h5-7,10-11,18-19,21-22,24,29,32H,8-9,12-15H2,1-4H3;2-6,9-10,13-14H,7,12H2,1H3;4H,1-3H3;1H3,(H,3,4)/t18?,19-,21+,22?,24+,27?,28?;9-,10+;;/m10../s1. The molecule has 1 aliphatic heterocycles. The molecule has 1 aromatic carbocycles. The van der Waals surface area contributed by atoms with Crippen LogP contribution in [0, 0.1) is 22.7 Å². The van der Waals surface area contributed by atoms with Crippen LogP contribution in [-0.2, 0) is 38.1 Å². The molecule has 3 fully saturated rings. The van der Waals surface area contributed by atoms with E-state index in [0.717, 1.165) is 24.5 Å². The maximum absolute atomic E-state index is 14.0. The van der Waals surface area contributed by atoms with Gasteiger partial charge in [0.15, 0.2) is 11.9 Å². The van der Waals surface area contributed by atoms with Crippen molar-refractivity contribution in [1.29, 1.82) is 0 Å². The van der Waals surface area contributed by atoms with Gasteiger partial charge in [-0.3, -0.25) is 25.7 Å². The zero-order chi connectivity index (χ0) is 45.9. The average molecular weight is 855 g/mol. The Hall–Kier alpha value is -4.51. The van der Waals surface area contributed by atoms with E-state index in [4.69, 9.17) is 25.2 Å². The third-order valence-electron chi connectivity index (χ3n) is 12.3. The second kappa shape index (κ2) is 21.5. The zero-order valence-electron chi connectivity index (χ0n) is 36.9. The highest BCUT2D eigenvalue weighted by molar-refractivity contribution is 5.93. The van der Waals surface area contributed by atoms with Crippen LogP contribution >= 0.6 is 0 Å². The molecule has 15 nitrogen and oxygen atoms in total. The predicted molar refractivity (Wildman–Crippen MR) is 226 cm³/mol. The maximum Gasteiger partial charge on any atom is 0.338 e. The predicted octanol–water partition coefficient (Wildman–Crippen LogP) is 4.69. The van der Waals surface area contributed by atoms with Gasteiger partial charge in [-0.2, -0.15) is 0 Å². The summed E-state index contributed by atoms with van der Waals surface area (Å²) in [6.07, 6.45) is 9.45. The summed E-state index contributed by atoms with van der Waals surface area (Å²) in [6, 6.07) is 8.16. The summed E-state index contributed by atoms with van der Waals surface area (Å²) in [7, 11) is 1.22. The van der Waals surface area contributed by atoms with Crippen LogP contribution in [-0.4, -0.2) is 106 Å². The van der Waals surface area contributed by atoms with Gasteiger partial charge in [-0.25, -0.2) is 9.59 Å². The molecule has 61 heavy (non-hydrogen) atoms. The van der Waals surface area contributed by atoms with Crippen LogP contribution in [0.2, 0.25) is 0 Å². The summed E-state index contributed by atoms with van der Waals surface area (Å²) in [6.45, 7) is 15.1. The maximum atomic E-state index is 14.0. The Labute approximate surface area is 359 Å². The van der Waals surface area contributed by atoms with Gasteiger partial charge in [0.05, 0.1) is 31.4 Å². The largest absolute Gasteiger partial charge is 0.481 e. The van der Waals surface area contributed by atoms with Gasteiger partial charge in [-0.1, -0.05) is 74.9 Å². The lowest BCUT2D eigenvalue weighted by Crippen LogP contribution is -2.70. The lowest BCUT2D eigenvalue weighted by atomic mass is 9.48. The number of carboxylic acid groups (broad SMARTS) is 1. The third-order valence-corrected chi connectivity index (χ3v) is 12.3. The summed E-state index contributed by atoms with van der Waals surface area (Å²) >= 11 is 0. The third kappa shape index (κ3) is 11.9. The van der Waals surface area contributed by atoms with Gasteiger partial charge in [0.1, 0.15) is 23.4 Å². The normalized spacial score (nSPS) is 29.5. The van der Waals surface area contributed by atoms with Gasteiger partial charge in [0, 0.05) is 29.6 Å². The summed E-state index contributed by atoms with van der Waals surface area (Å²) in [5, 5.41) is 41.2. The first-order valence-electron chi connectivity index (χ1n) is 20.6. The van der Waals surface area contributed by atoms with E-state index in [1.54, 1.807) is 24.3 Å². The van der Waals surface area contributed by atoms with E-state index < -0.39 is 64.6 Å². The number of ketones is 1. The number of fused-ring (bicyclic) bond motifs is 5. The number of aliphatic carboxylic acids is 1.